The number of ether oxygens (including phenoxy) is 2. The summed E-state index contributed by atoms with van der Waals surface area (Å²) >= 11 is 3.25. The van der Waals surface area contributed by atoms with Crippen molar-refractivity contribution in [2.45, 2.75) is 39.2 Å². The second kappa shape index (κ2) is 8.03. The van der Waals surface area contributed by atoms with Gasteiger partial charge in [-0.25, -0.2) is 4.79 Å². The number of nitro benzene ring substituents is 1. The minimum atomic E-state index is -0.518. The number of carbonyl (C=O) groups is 1. The number of rotatable bonds is 4. The summed E-state index contributed by atoms with van der Waals surface area (Å²) in [7, 11) is 0. The van der Waals surface area contributed by atoms with E-state index < -0.39 is 10.5 Å². The molecule has 0 saturated carbocycles. The molecular formula is C17H23BrN2O5. The first kappa shape index (κ1) is 19.5. The number of non-ortho nitro benzene ring substituents is 1. The number of hydrogen-bond acceptors (Lipinski definition) is 5. The van der Waals surface area contributed by atoms with Crippen LogP contribution in [0.4, 0.5) is 10.5 Å². The quantitative estimate of drug-likeness (QED) is 0.538. The van der Waals surface area contributed by atoms with E-state index in [1.54, 1.807) is 11.0 Å². The molecule has 0 aliphatic carbocycles. The molecule has 1 aromatic carbocycles. The maximum Gasteiger partial charge on any atom is 0.410 e. The van der Waals surface area contributed by atoms with Gasteiger partial charge in [0.1, 0.15) is 11.4 Å². The Labute approximate surface area is 155 Å². The minimum absolute atomic E-state index is 0.0246. The molecule has 1 atom stereocenters. The Morgan fingerprint density at radius 2 is 2.12 bits per heavy atom. The third-order valence-electron chi connectivity index (χ3n) is 3.72. The number of hydrogen-bond donors (Lipinski definition) is 0. The van der Waals surface area contributed by atoms with E-state index in [4.69, 9.17) is 9.47 Å². The molecule has 1 amide bonds. The maximum absolute atomic E-state index is 12.2. The Bertz CT molecular complexity index is 644. The fourth-order valence-electron chi connectivity index (χ4n) is 2.64. The van der Waals surface area contributed by atoms with E-state index in [9.17, 15) is 14.9 Å². The lowest BCUT2D eigenvalue weighted by molar-refractivity contribution is -0.385. The van der Waals surface area contributed by atoms with Gasteiger partial charge in [0, 0.05) is 29.5 Å². The molecule has 1 saturated heterocycles. The number of benzene rings is 1. The monoisotopic (exact) mass is 414 g/mol. The molecule has 1 aromatic rings. The van der Waals surface area contributed by atoms with Gasteiger partial charge in [-0.2, -0.15) is 0 Å². The van der Waals surface area contributed by atoms with Crippen molar-refractivity contribution in [1.29, 1.82) is 0 Å². The van der Waals surface area contributed by atoms with Crippen LogP contribution in [0.3, 0.4) is 0 Å². The lowest BCUT2D eigenvalue weighted by Gasteiger charge is -2.34. The van der Waals surface area contributed by atoms with Gasteiger partial charge in [-0.15, -0.1) is 0 Å². The summed E-state index contributed by atoms with van der Waals surface area (Å²) in [6, 6.07) is 4.53. The molecule has 0 bridgehead atoms. The molecule has 138 valence electrons. The van der Waals surface area contributed by atoms with Gasteiger partial charge in [0.05, 0.1) is 17.6 Å². The number of amides is 1. The van der Waals surface area contributed by atoms with Crippen LogP contribution in [0.5, 0.6) is 5.75 Å². The highest BCUT2D eigenvalue weighted by molar-refractivity contribution is 9.10. The van der Waals surface area contributed by atoms with Crippen molar-refractivity contribution in [3.63, 3.8) is 0 Å². The van der Waals surface area contributed by atoms with E-state index in [1.165, 1.54) is 12.1 Å². The standard InChI is InChI=1S/C17H23BrN2O5/c1-17(2,3)25-16(21)19-6-4-5-12(10-19)11-24-15-8-13(18)7-14(9-15)20(22)23/h7-9,12H,4-6,10-11H2,1-3H3. The molecule has 1 aliphatic heterocycles. The highest BCUT2D eigenvalue weighted by Gasteiger charge is 2.28. The first-order valence-electron chi connectivity index (χ1n) is 8.20. The summed E-state index contributed by atoms with van der Waals surface area (Å²) in [5, 5.41) is 10.9. The molecule has 1 aliphatic rings. The highest BCUT2D eigenvalue weighted by Crippen LogP contribution is 2.27. The minimum Gasteiger partial charge on any atom is -0.493 e. The smallest absolute Gasteiger partial charge is 0.410 e. The average molecular weight is 415 g/mol. The molecule has 7 nitrogen and oxygen atoms in total. The molecule has 2 rings (SSSR count). The zero-order valence-corrected chi connectivity index (χ0v) is 16.2. The van der Waals surface area contributed by atoms with Crippen molar-refractivity contribution in [3.05, 3.63) is 32.8 Å². The van der Waals surface area contributed by atoms with E-state index in [1.807, 2.05) is 20.8 Å². The van der Waals surface area contributed by atoms with Gasteiger partial charge in [0.25, 0.3) is 5.69 Å². The summed E-state index contributed by atoms with van der Waals surface area (Å²) < 4.78 is 11.7. The van der Waals surface area contributed by atoms with Crippen LogP contribution in [-0.2, 0) is 4.74 Å². The fraction of sp³-hybridized carbons (Fsp3) is 0.588. The number of nitro groups is 1. The summed E-state index contributed by atoms with van der Waals surface area (Å²) in [5.74, 6) is 0.606. The molecule has 25 heavy (non-hydrogen) atoms. The van der Waals surface area contributed by atoms with Crippen molar-refractivity contribution < 1.29 is 19.2 Å². The lowest BCUT2D eigenvalue weighted by atomic mass is 9.99. The summed E-state index contributed by atoms with van der Waals surface area (Å²) in [6.07, 6.45) is 1.51. The molecule has 0 N–H and O–H groups in total. The number of halogens is 1. The lowest BCUT2D eigenvalue weighted by Crippen LogP contribution is -2.44. The fourth-order valence-corrected chi connectivity index (χ4v) is 3.10. The van der Waals surface area contributed by atoms with E-state index in [-0.39, 0.29) is 17.7 Å². The van der Waals surface area contributed by atoms with E-state index in [2.05, 4.69) is 15.9 Å². The van der Waals surface area contributed by atoms with Crippen LogP contribution >= 0.6 is 15.9 Å². The molecule has 8 heteroatoms. The molecule has 1 unspecified atom stereocenters. The Morgan fingerprint density at radius 3 is 2.76 bits per heavy atom. The predicted molar refractivity (Wildman–Crippen MR) is 96.8 cm³/mol. The van der Waals surface area contributed by atoms with Crippen LogP contribution < -0.4 is 4.74 Å². The Kier molecular flexibility index (Phi) is 6.26. The van der Waals surface area contributed by atoms with Crippen molar-refractivity contribution in [3.8, 4) is 5.75 Å². The molecule has 0 aromatic heterocycles. The van der Waals surface area contributed by atoms with Crippen LogP contribution in [-0.4, -0.2) is 41.2 Å². The number of likely N-dealkylation sites (tertiary alicyclic amines) is 1. The van der Waals surface area contributed by atoms with Crippen LogP contribution in [0, 0.1) is 16.0 Å². The second-order valence-electron chi connectivity index (χ2n) is 7.15. The SMILES string of the molecule is CC(C)(C)OC(=O)N1CCCC(COc2cc(Br)cc([N+](=O)[O-])c2)C1. The van der Waals surface area contributed by atoms with Crippen LogP contribution in [0.1, 0.15) is 33.6 Å². The van der Waals surface area contributed by atoms with E-state index in [0.717, 1.165) is 12.8 Å². The first-order valence-corrected chi connectivity index (χ1v) is 8.99. The second-order valence-corrected chi connectivity index (χ2v) is 8.06. The third kappa shape index (κ3) is 6.19. The number of carbonyl (C=O) groups excluding carboxylic acids is 1. The van der Waals surface area contributed by atoms with E-state index in [0.29, 0.717) is 29.9 Å². The Hall–Kier alpha value is -1.83. The van der Waals surface area contributed by atoms with Crippen molar-refractivity contribution in [2.75, 3.05) is 19.7 Å². The average Bonchev–Trinajstić information content (AvgIpc) is 2.51. The van der Waals surface area contributed by atoms with Crippen molar-refractivity contribution in [1.82, 2.24) is 4.90 Å². The van der Waals surface area contributed by atoms with Crippen molar-refractivity contribution in [2.24, 2.45) is 5.92 Å². The molecular weight excluding hydrogens is 392 g/mol. The molecule has 1 fully saturated rings. The van der Waals surface area contributed by atoms with Crippen LogP contribution in [0.15, 0.2) is 22.7 Å². The zero-order valence-electron chi connectivity index (χ0n) is 14.7. The molecule has 0 spiro atoms. The van der Waals surface area contributed by atoms with Gasteiger partial charge in [-0.3, -0.25) is 10.1 Å². The van der Waals surface area contributed by atoms with Crippen LogP contribution in [0.2, 0.25) is 0 Å². The Morgan fingerprint density at radius 1 is 1.40 bits per heavy atom. The predicted octanol–water partition coefficient (Wildman–Crippen LogP) is 4.38. The molecule has 0 radical (unpaired) electrons. The largest absolute Gasteiger partial charge is 0.493 e. The highest BCUT2D eigenvalue weighted by atomic mass is 79.9. The van der Waals surface area contributed by atoms with Gasteiger partial charge < -0.3 is 14.4 Å². The summed E-state index contributed by atoms with van der Waals surface area (Å²) in [6.45, 7) is 7.16. The maximum atomic E-state index is 12.2. The van der Waals surface area contributed by atoms with Crippen LogP contribution in [0.25, 0.3) is 0 Å². The number of nitrogens with zero attached hydrogens (tertiary/aromatic N) is 2. The zero-order chi connectivity index (χ0) is 18.6. The van der Waals surface area contributed by atoms with Gasteiger partial charge in [-0.05, 0) is 39.7 Å². The summed E-state index contributed by atoms with van der Waals surface area (Å²) in [5.41, 5.74) is -0.543. The van der Waals surface area contributed by atoms with Gasteiger partial charge in [-0.1, -0.05) is 15.9 Å². The van der Waals surface area contributed by atoms with Gasteiger partial charge in [0.15, 0.2) is 0 Å². The first-order chi connectivity index (χ1) is 11.6. The van der Waals surface area contributed by atoms with Crippen molar-refractivity contribution >= 4 is 27.7 Å². The number of piperidine rings is 1. The normalized spacial score (nSPS) is 17.9. The topological polar surface area (TPSA) is 81.9 Å². The molecule has 1 heterocycles. The Balaban J connectivity index is 1.93. The van der Waals surface area contributed by atoms with Gasteiger partial charge in [0.2, 0.25) is 0 Å². The van der Waals surface area contributed by atoms with E-state index >= 15 is 0 Å². The van der Waals surface area contributed by atoms with Gasteiger partial charge >= 0.3 is 6.09 Å². The summed E-state index contributed by atoms with van der Waals surface area (Å²) in [4.78, 5) is 24.3. The third-order valence-corrected chi connectivity index (χ3v) is 4.18.